The van der Waals surface area contributed by atoms with Crippen LogP contribution in [0.4, 0.5) is 0 Å². The fourth-order valence-electron chi connectivity index (χ4n) is 2.64. The molecule has 0 bridgehead atoms. The van der Waals surface area contributed by atoms with E-state index in [0.29, 0.717) is 23.7 Å². The molecule has 7 heteroatoms. The molecular weight excluding hydrogens is 331 g/mol. The third kappa shape index (κ3) is 3.54. The highest BCUT2D eigenvalue weighted by Crippen LogP contribution is 2.35. The molecule has 1 aliphatic heterocycles. The molecule has 21 heavy (non-hydrogen) atoms. The number of hydrogen-bond acceptors (Lipinski definition) is 3. The van der Waals surface area contributed by atoms with E-state index in [4.69, 9.17) is 28.9 Å². The molecule has 1 fully saturated rings. The molecule has 1 aromatic rings. The van der Waals surface area contributed by atoms with Gasteiger partial charge in [0.15, 0.2) is 0 Å². The summed E-state index contributed by atoms with van der Waals surface area (Å²) in [7, 11) is -3.63. The highest BCUT2D eigenvalue weighted by Gasteiger charge is 2.35. The van der Waals surface area contributed by atoms with Crippen molar-refractivity contribution in [2.45, 2.75) is 38.1 Å². The topological polar surface area (TPSA) is 63.4 Å². The van der Waals surface area contributed by atoms with Gasteiger partial charge in [-0.15, -0.1) is 0 Å². The fourth-order valence-corrected chi connectivity index (χ4v) is 5.16. The Bertz CT molecular complexity index is 645. The first-order valence-corrected chi connectivity index (χ1v) is 9.05. The zero-order chi connectivity index (χ0) is 15.8. The molecule has 2 N–H and O–H groups in total. The molecule has 0 amide bonds. The van der Waals surface area contributed by atoms with Crippen LogP contribution in [0.25, 0.3) is 0 Å². The third-order valence-corrected chi connectivity index (χ3v) is 6.47. The smallest absolute Gasteiger partial charge is 0.244 e. The molecule has 0 saturated carbocycles. The Balaban J connectivity index is 2.44. The molecule has 4 nitrogen and oxygen atoms in total. The molecule has 1 heterocycles. The number of halogens is 2. The van der Waals surface area contributed by atoms with Gasteiger partial charge >= 0.3 is 0 Å². The average molecular weight is 351 g/mol. The van der Waals surface area contributed by atoms with Gasteiger partial charge in [0.1, 0.15) is 4.90 Å². The largest absolute Gasteiger partial charge is 0.326 e. The predicted octanol–water partition coefficient (Wildman–Crippen LogP) is 3.26. The van der Waals surface area contributed by atoms with E-state index in [0.717, 1.165) is 12.8 Å². The quantitative estimate of drug-likeness (QED) is 0.909. The van der Waals surface area contributed by atoms with Gasteiger partial charge in [-0.25, -0.2) is 8.42 Å². The van der Waals surface area contributed by atoms with Crippen LogP contribution in [0, 0.1) is 5.41 Å². The van der Waals surface area contributed by atoms with E-state index in [9.17, 15) is 8.42 Å². The summed E-state index contributed by atoms with van der Waals surface area (Å²) in [5, 5.41) is 0.529. The average Bonchev–Trinajstić information content (AvgIpc) is 2.37. The Morgan fingerprint density at radius 3 is 2.52 bits per heavy atom. The molecule has 1 aliphatic rings. The maximum absolute atomic E-state index is 12.8. The molecule has 0 radical (unpaired) electrons. The van der Waals surface area contributed by atoms with Crippen LogP contribution >= 0.6 is 23.2 Å². The zero-order valence-corrected chi connectivity index (χ0v) is 14.5. The second-order valence-corrected chi connectivity index (χ2v) is 8.91. The summed E-state index contributed by atoms with van der Waals surface area (Å²) in [5.41, 5.74) is 6.15. The lowest BCUT2D eigenvalue weighted by Gasteiger charge is -2.37. The molecule has 0 aliphatic carbocycles. The first-order chi connectivity index (χ1) is 9.67. The van der Waals surface area contributed by atoms with Crippen LogP contribution in [-0.4, -0.2) is 25.8 Å². The SMILES string of the molecule is CC1(C)CCCN(S(=O)(=O)c2cc(CN)c(Cl)cc2Cl)C1. The van der Waals surface area contributed by atoms with Gasteiger partial charge in [-0.3, -0.25) is 0 Å². The van der Waals surface area contributed by atoms with Crippen molar-refractivity contribution in [3.05, 3.63) is 27.7 Å². The molecule has 1 aromatic carbocycles. The molecule has 2 rings (SSSR count). The fraction of sp³-hybridized carbons (Fsp3) is 0.571. The standard InChI is InChI=1S/C14H20Cl2N2O2S/c1-14(2)4-3-5-18(9-14)21(19,20)13-6-10(8-17)11(15)7-12(13)16/h6-7H,3-5,8-9,17H2,1-2H3. The van der Waals surface area contributed by atoms with Crippen molar-refractivity contribution in [1.29, 1.82) is 0 Å². The summed E-state index contributed by atoms with van der Waals surface area (Å²) >= 11 is 12.1. The number of rotatable bonds is 3. The lowest BCUT2D eigenvalue weighted by atomic mass is 9.85. The van der Waals surface area contributed by atoms with Gasteiger partial charge in [0, 0.05) is 24.7 Å². The van der Waals surface area contributed by atoms with Gasteiger partial charge in [-0.1, -0.05) is 37.0 Å². The van der Waals surface area contributed by atoms with Gasteiger partial charge in [0.25, 0.3) is 0 Å². The molecule has 118 valence electrons. The van der Waals surface area contributed by atoms with Crippen molar-refractivity contribution < 1.29 is 8.42 Å². The first-order valence-electron chi connectivity index (χ1n) is 6.85. The molecular formula is C14H20Cl2N2O2S. The number of hydrogen-bond donors (Lipinski definition) is 1. The number of nitrogens with two attached hydrogens (primary N) is 1. The van der Waals surface area contributed by atoms with Gasteiger partial charge < -0.3 is 5.73 Å². The number of sulfonamides is 1. The first kappa shape index (κ1) is 17.0. The monoisotopic (exact) mass is 350 g/mol. The van der Waals surface area contributed by atoms with E-state index >= 15 is 0 Å². The Kier molecular flexibility index (Phi) is 4.90. The maximum atomic E-state index is 12.8. The molecule has 1 saturated heterocycles. The van der Waals surface area contributed by atoms with Gasteiger partial charge in [0.05, 0.1) is 5.02 Å². The molecule has 0 spiro atoms. The van der Waals surface area contributed by atoms with Gasteiger partial charge in [-0.2, -0.15) is 4.31 Å². The van der Waals surface area contributed by atoms with Crippen molar-refractivity contribution in [2.75, 3.05) is 13.1 Å². The molecule has 0 aromatic heterocycles. The number of benzene rings is 1. The summed E-state index contributed by atoms with van der Waals surface area (Å²) in [6.07, 6.45) is 1.86. The van der Waals surface area contributed by atoms with Crippen LogP contribution in [-0.2, 0) is 16.6 Å². The highest BCUT2D eigenvalue weighted by molar-refractivity contribution is 7.89. The Morgan fingerprint density at radius 2 is 1.95 bits per heavy atom. The normalized spacial score (nSPS) is 19.7. The van der Waals surface area contributed by atoms with E-state index in [2.05, 4.69) is 13.8 Å². The van der Waals surface area contributed by atoms with E-state index in [1.54, 1.807) is 0 Å². The highest BCUT2D eigenvalue weighted by atomic mass is 35.5. The van der Waals surface area contributed by atoms with Crippen molar-refractivity contribution in [3.8, 4) is 0 Å². The molecule has 0 atom stereocenters. The number of nitrogens with zero attached hydrogens (tertiary/aromatic N) is 1. The van der Waals surface area contributed by atoms with Gasteiger partial charge in [0.2, 0.25) is 10.0 Å². The van der Waals surface area contributed by atoms with E-state index in [-0.39, 0.29) is 21.9 Å². The summed E-state index contributed by atoms with van der Waals surface area (Å²) in [6, 6.07) is 2.94. The van der Waals surface area contributed by atoms with Crippen molar-refractivity contribution in [3.63, 3.8) is 0 Å². The molecule has 0 unspecified atom stereocenters. The minimum Gasteiger partial charge on any atom is -0.326 e. The van der Waals surface area contributed by atoms with Crippen LogP contribution in [0.15, 0.2) is 17.0 Å². The summed E-state index contributed by atoms with van der Waals surface area (Å²) in [6.45, 7) is 5.33. The maximum Gasteiger partial charge on any atom is 0.244 e. The van der Waals surface area contributed by atoms with E-state index in [1.807, 2.05) is 0 Å². The zero-order valence-electron chi connectivity index (χ0n) is 12.2. The van der Waals surface area contributed by atoms with Crippen LogP contribution in [0.3, 0.4) is 0 Å². The van der Waals surface area contributed by atoms with Crippen molar-refractivity contribution in [2.24, 2.45) is 11.1 Å². The lowest BCUT2D eigenvalue weighted by Crippen LogP contribution is -2.43. The summed E-state index contributed by atoms with van der Waals surface area (Å²) in [5.74, 6) is 0. The van der Waals surface area contributed by atoms with E-state index in [1.165, 1.54) is 16.4 Å². The van der Waals surface area contributed by atoms with Crippen molar-refractivity contribution >= 4 is 33.2 Å². The minimum absolute atomic E-state index is 0.0269. The Labute approximate surface area is 136 Å². The lowest BCUT2D eigenvalue weighted by molar-refractivity contribution is 0.187. The third-order valence-electron chi connectivity index (χ3n) is 3.80. The predicted molar refractivity (Wildman–Crippen MR) is 86.1 cm³/mol. The Morgan fingerprint density at radius 1 is 1.29 bits per heavy atom. The van der Waals surface area contributed by atoms with Crippen LogP contribution < -0.4 is 5.73 Å². The summed E-state index contributed by atoms with van der Waals surface area (Å²) in [4.78, 5) is 0.0896. The summed E-state index contributed by atoms with van der Waals surface area (Å²) < 4.78 is 27.2. The second-order valence-electron chi connectivity index (χ2n) is 6.18. The number of piperidine rings is 1. The van der Waals surface area contributed by atoms with Gasteiger partial charge in [-0.05, 0) is 36.0 Å². The Hall–Kier alpha value is -0.330. The minimum atomic E-state index is -3.63. The van der Waals surface area contributed by atoms with E-state index < -0.39 is 10.0 Å². The van der Waals surface area contributed by atoms with Crippen LogP contribution in [0.2, 0.25) is 10.0 Å². The van der Waals surface area contributed by atoms with Crippen molar-refractivity contribution in [1.82, 2.24) is 4.31 Å². The second kappa shape index (κ2) is 6.05. The van der Waals surface area contributed by atoms with Crippen LogP contribution in [0.1, 0.15) is 32.3 Å². The van der Waals surface area contributed by atoms with Crippen LogP contribution in [0.5, 0.6) is 0 Å².